The summed E-state index contributed by atoms with van der Waals surface area (Å²) < 4.78 is -0.484. The minimum Gasteiger partial charge on any atom is -0.312 e. The third kappa shape index (κ3) is 2.35. The zero-order valence-corrected chi connectivity index (χ0v) is 15.2. The molecule has 3 heteroatoms. The van der Waals surface area contributed by atoms with E-state index in [1.165, 1.54) is 0 Å². The highest BCUT2D eigenvalue weighted by Gasteiger charge is 2.48. The van der Waals surface area contributed by atoms with Crippen LogP contribution in [0, 0.1) is 0 Å². The molecule has 1 aliphatic heterocycles. The van der Waals surface area contributed by atoms with Gasteiger partial charge in [0.05, 0.1) is 0 Å². The molecular formula is C21H16INO. The second-order valence-electron chi connectivity index (χ2n) is 5.91. The van der Waals surface area contributed by atoms with Crippen molar-refractivity contribution in [1.29, 1.82) is 0 Å². The van der Waals surface area contributed by atoms with Crippen molar-refractivity contribution in [1.82, 2.24) is 4.90 Å². The summed E-state index contributed by atoms with van der Waals surface area (Å²) >= 11 is 2.43. The number of benzene rings is 3. The lowest BCUT2D eigenvalue weighted by molar-refractivity contribution is 0.0722. The molecule has 3 aromatic carbocycles. The van der Waals surface area contributed by atoms with E-state index in [4.69, 9.17) is 0 Å². The van der Waals surface area contributed by atoms with Crippen LogP contribution in [-0.2, 0) is 10.1 Å². The number of alkyl halides is 1. The van der Waals surface area contributed by atoms with Gasteiger partial charge in [0.2, 0.25) is 0 Å². The van der Waals surface area contributed by atoms with Crippen molar-refractivity contribution >= 4 is 28.5 Å². The molecule has 0 saturated heterocycles. The molecule has 1 unspecified atom stereocenters. The molecule has 0 radical (unpaired) electrons. The van der Waals surface area contributed by atoms with Gasteiger partial charge >= 0.3 is 0 Å². The summed E-state index contributed by atoms with van der Waals surface area (Å²) in [5.74, 6) is 0.0905. The minimum absolute atomic E-state index is 0.0905. The molecule has 0 aromatic heterocycles. The zero-order chi connectivity index (χ0) is 16.6. The van der Waals surface area contributed by atoms with E-state index in [1.807, 2.05) is 59.5 Å². The second-order valence-corrected chi connectivity index (χ2v) is 7.47. The Morgan fingerprint density at radius 1 is 0.792 bits per heavy atom. The summed E-state index contributed by atoms with van der Waals surface area (Å²) in [6.45, 7) is 0.589. The molecule has 0 saturated carbocycles. The van der Waals surface area contributed by atoms with Crippen LogP contribution in [0.25, 0.3) is 0 Å². The van der Waals surface area contributed by atoms with Crippen LogP contribution in [-0.4, -0.2) is 10.8 Å². The van der Waals surface area contributed by atoms with Crippen molar-refractivity contribution in [2.24, 2.45) is 0 Å². The Kier molecular flexibility index (Phi) is 3.88. The van der Waals surface area contributed by atoms with Gasteiger partial charge in [-0.3, -0.25) is 4.79 Å². The minimum atomic E-state index is -0.484. The number of hydrogen-bond donors (Lipinski definition) is 0. The van der Waals surface area contributed by atoms with E-state index >= 15 is 0 Å². The fraction of sp³-hybridized carbons (Fsp3) is 0.0952. The normalized spacial score (nSPS) is 19.4. The number of carbonyl (C=O) groups is 1. The van der Waals surface area contributed by atoms with Crippen LogP contribution in [0.5, 0.6) is 0 Å². The molecule has 1 heterocycles. The van der Waals surface area contributed by atoms with E-state index in [2.05, 4.69) is 52.9 Å². The molecular weight excluding hydrogens is 409 g/mol. The highest BCUT2D eigenvalue weighted by molar-refractivity contribution is 14.1. The van der Waals surface area contributed by atoms with Crippen molar-refractivity contribution < 1.29 is 4.79 Å². The average molecular weight is 425 g/mol. The van der Waals surface area contributed by atoms with Gasteiger partial charge in [-0.1, -0.05) is 78.9 Å². The Hall–Kier alpha value is -2.14. The van der Waals surface area contributed by atoms with Crippen LogP contribution in [0.1, 0.15) is 27.0 Å². The molecule has 118 valence electrons. The van der Waals surface area contributed by atoms with Crippen LogP contribution in [0.3, 0.4) is 0 Å². The third-order valence-corrected chi connectivity index (χ3v) is 6.26. The fourth-order valence-corrected chi connectivity index (χ4v) is 4.53. The molecule has 24 heavy (non-hydrogen) atoms. The summed E-state index contributed by atoms with van der Waals surface area (Å²) in [6.07, 6.45) is 0. The number of halogens is 1. The summed E-state index contributed by atoms with van der Waals surface area (Å²) in [7, 11) is 0. The maximum Gasteiger partial charge on any atom is 0.256 e. The summed E-state index contributed by atoms with van der Waals surface area (Å²) in [4.78, 5) is 15.1. The predicted octanol–water partition coefficient (Wildman–Crippen LogP) is 4.98. The summed E-state index contributed by atoms with van der Waals surface area (Å²) in [5.41, 5.74) is 4.12. The van der Waals surface area contributed by atoms with Gasteiger partial charge in [0.25, 0.3) is 5.91 Å². The van der Waals surface area contributed by atoms with Crippen LogP contribution in [0.4, 0.5) is 0 Å². The largest absolute Gasteiger partial charge is 0.312 e. The molecule has 2 nitrogen and oxygen atoms in total. The van der Waals surface area contributed by atoms with Gasteiger partial charge in [-0.2, -0.15) is 0 Å². The number of carbonyl (C=O) groups excluding carboxylic acids is 1. The Bertz CT molecular complexity index is 879. The van der Waals surface area contributed by atoms with Crippen molar-refractivity contribution in [3.63, 3.8) is 0 Å². The first-order valence-corrected chi connectivity index (χ1v) is 8.99. The maximum atomic E-state index is 13.1. The standard InChI is InChI=1S/C21H16INO/c22-21(17-11-5-2-6-12-17)19-14-8-7-13-18(19)20(24)23(21)15-16-9-3-1-4-10-16/h1-14H,15H2. The summed E-state index contributed by atoms with van der Waals surface area (Å²) in [5, 5.41) is 0. The van der Waals surface area contributed by atoms with Crippen molar-refractivity contribution in [2.45, 2.75) is 10.1 Å². The van der Waals surface area contributed by atoms with E-state index in [0.717, 1.165) is 22.3 Å². The molecule has 0 bridgehead atoms. The Labute approximate surface area is 155 Å². The van der Waals surface area contributed by atoms with E-state index < -0.39 is 3.55 Å². The molecule has 0 spiro atoms. The highest BCUT2D eigenvalue weighted by atomic mass is 127. The third-order valence-electron chi connectivity index (χ3n) is 4.47. The number of fused-ring (bicyclic) bond motifs is 1. The van der Waals surface area contributed by atoms with Crippen LogP contribution < -0.4 is 0 Å². The smallest absolute Gasteiger partial charge is 0.256 e. The van der Waals surface area contributed by atoms with Crippen molar-refractivity contribution in [2.75, 3.05) is 0 Å². The van der Waals surface area contributed by atoms with Crippen LogP contribution in [0.15, 0.2) is 84.9 Å². The van der Waals surface area contributed by atoms with Crippen LogP contribution in [0.2, 0.25) is 0 Å². The fourth-order valence-electron chi connectivity index (χ4n) is 3.31. The topological polar surface area (TPSA) is 20.3 Å². The van der Waals surface area contributed by atoms with Crippen molar-refractivity contribution in [3.05, 3.63) is 107 Å². The van der Waals surface area contributed by atoms with Gasteiger partial charge in [0.15, 0.2) is 0 Å². The first-order chi connectivity index (χ1) is 11.7. The number of rotatable bonds is 3. The van der Waals surface area contributed by atoms with E-state index in [9.17, 15) is 4.79 Å². The molecule has 4 rings (SSSR count). The van der Waals surface area contributed by atoms with Crippen molar-refractivity contribution in [3.8, 4) is 0 Å². The molecule has 0 fully saturated rings. The lowest BCUT2D eigenvalue weighted by atomic mass is 9.97. The Morgan fingerprint density at radius 3 is 2.08 bits per heavy atom. The van der Waals surface area contributed by atoms with Gasteiger partial charge in [-0.15, -0.1) is 0 Å². The molecule has 0 N–H and O–H groups in total. The van der Waals surface area contributed by atoms with Gasteiger partial charge in [-0.25, -0.2) is 0 Å². The average Bonchev–Trinajstić information content (AvgIpc) is 2.87. The van der Waals surface area contributed by atoms with E-state index in [1.54, 1.807) is 0 Å². The molecule has 1 amide bonds. The summed E-state index contributed by atoms with van der Waals surface area (Å²) in [6, 6.07) is 28.4. The molecule has 3 aromatic rings. The lowest BCUT2D eigenvalue weighted by Gasteiger charge is -2.35. The molecule has 1 atom stereocenters. The number of nitrogens with zero attached hydrogens (tertiary/aromatic N) is 1. The maximum absolute atomic E-state index is 13.1. The van der Waals surface area contributed by atoms with Gasteiger partial charge in [0.1, 0.15) is 3.55 Å². The Balaban J connectivity index is 1.87. The van der Waals surface area contributed by atoms with Gasteiger partial charge in [0, 0.05) is 17.7 Å². The second kappa shape index (κ2) is 6.06. The van der Waals surface area contributed by atoms with Crippen LogP contribution >= 0.6 is 22.6 Å². The first-order valence-electron chi connectivity index (χ1n) is 7.91. The Morgan fingerprint density at radius 2 is 1.38 bits per heavy atom. The first kappa shape index (κ1) is 15.4. The van der Waals surface area contributed by atoms with Gasteiger partial charge < -0.3 is 4.90 Å². The van der Waals surface area contributed by atoms with E-state index in [0.29, 0.717) is 6.54 Å². The van der Waals surface area contributed by atoms with Gasteiger partial charge in [-0.05, 0) is 39.8 Å². The lowest BCUT2D eigenvalue weighted by Crippen LogP contribution is -2.39. The quantitative estimate of drug-likeness (QED) is 0.329. The SMILES string of the molecule is O=C1c2ccccc2C(I)(c2ccccc2)N1Cc1ccccc1. The molecule has 1 aliphatic rings. The monoisotopic (exact) mass is 425 g/mol. The zero-order valence-electron chi connectivity index (χ0n) is 13.0. The number of hydrogen-bond acceptors (Lipinski definition) is 1. The predicted molar refractivity (Wildman–Crippen MR) is 104 cm³/mol. The number of amides is 1. The molecule has 0 aliphatic carbocycles. The highest BCUT2D eigenvalue weighted by Crippen LogP contribution is 2.49. The van der Waals surface area contributed by atoms with E-state index in [-0.39, 0.29) is 5.91 Å².